The normalized spacial score (nSPS) is 12.8. The minimum Gasteiger partial charge on any atom is -0.475 e. The highest BCUT2D eigenvalue weighted by atomic mass is 19.4. The quantitative estimate of drug-likeness (QED) is 0.241. The first-order valence-electron chi connectivity index (χ1n) is 10.9. The topological polar surface area (TPSA) is 129 Å². The average Bonchev–Trinajstić information content (AvgIpc) is 3.51. The number of benzene rings is 1. The predicted molar refractivity (Wildman–Crippen MR) is 122 cm³/mol. The van der Waals surface area contributed by atoms with Gasteiger partial charge < -0.3 is 25.5 Å². The van der Waals surface area contributed by atoms with Gasteiger partial charge in [-0.1, -0.05) is 6.07 Å². The maximum Gasteiger partial charge on any atom is 0.490 e. The van der Waals surface area contributed by atoms with E-state index in [9.17, 15) is 22.4 Å². The van der Waals surface area contributed by atoms with Crippen LogP contribution in [0.1, 0.15) is 41.3 Å². The molecule has 2 heterocycles. The Morgan fingerprint density at radius 1 is 1.14 bits per heavy atom. The summed E-state index contributed by atoms with van der Waals surface area (Å²) in [5.74, 6) is -1.33. The summed E-state index contributed by atoms with van der Waals surface area (Å²) in [6.07, 6.45) is 1.21. The second-order valence-electron chi connectivity index (χ2n) is 7.72. The Bertz CT molecular complexity index is 1170. The van der Waals surface area contributed by atoms with E-state index in [0.717, 1.165) is 30.6 Å². The third kappa shape index (κ3) is 8.25. The second-order valence-corrected chi connectivity index (χ2v) is 7.72. The van der Waals surface area contributed by atoms with Crippen LogP contribution >= 0.6 is 0 Å². The molecule has 36 heavy (non-hydrogen) atoms. The van der Waals surface area contributed by atoms with E-state index in [1.54, 1.807) is 24.3 Å². The fraction of sp³-hybridized carbons (Fsp3) is 0.304. The number of rotatable bonds is 9. The Morgan fingerprint density at radius 3 is 2.50 bits per heavy atom. The number of nitrogens with zero attached hydrogens (tertiary/aromatic N) is 2. The van der Waals surface area contributed by atoms with E-state index in [1.165, 1.54) is 18.4 Å². The van der Waals surface area contributed by atoms with Crippen molar-refractivity contribution in [3.05, 3.63) is 66.0 Å². The molecule has 4 rings (SSSR count). The molecule has 9 nitrogen and oxygen atoms in total. The first kappa shape index (κ1) is 26.4. The number of carboxylic acids is 1. The molecule has 1 amide bonds. The van der Waals surface area contributed by atoms with E-state index < -0.39 is 12.1 Å². The molecule has 1 aromatic carbocycles. The van der Waals surface area contributed by atoms with Crippen molar-refractivity contribution >= 4 is 29.3 Å². The summed E-state index contributed by atoms with van der Waals surface area (Å²) in [5, 5.41) is 16.3. The molecule has 0 bridgehead atoms. The molecule has 0 atom stereocenters. The average molecular weight is 509 g/mol. The van der Waals surface area contributed by atoms with Crippen molar-refractivity contribution in [1.82, 2.24) is 15.3 Å². The lowest BCUT2D eigenvalue weighted by Gasteiger charge is -2.13. The fourth-order valence-electron chi connectivity index (χ4n) is 2.97. The summed E-state index contributed by atoms with van der Waals surface area (Å²) >= 11 is 0. The van der Waals surface area contributed by atoms with Gasteiger partial charge in [-0.3, -0.25) is 4.79 Å². The lowest BCUT2D eigenvalue weighted by molar-refractivity contribution is -0.192. The molecule has 0 radical (unpaired) electrons. The number of hydrogen-bond acceptors (Lipinski definition) is 7. The molecule has 0 saturated heterocycles. The molecule has 1 aliphatic rings. The van der Waals surface area contributed by atoms with Gasteiger partial charge in [0.2, 0.25) is 5.95 Å². The molecule has 192 valence electrons. The maximum absolute atomic E-state index is 13.4. The molecular weight excluding hydrogens is 486 g/mol. The van der Waals surface area contributed by atoms with Crippen molar-refractivity contribution in [2.24, 2.45) is 0 Å². The molecule has 1 aliphatic carbocycles. The fourth-order valence-corrected chi connectivity index (χ4v) is 2.97. The van der Waals surface area contributed by atoms with Crippen molar-refractivity contribution in [3.63, 3.8) is 0 Å². The van der Waals surface area contributed by atoms with Crippen molar-refractivity contribution in [1.29, 1.82) is 0 Å². The largest absolute Gasteiger partial charge is 0.490 e. The van der Waals surface area contributed by atoms with Gasteiger partial charge in [-0.2, -0.15) is 18.2 Å². The molecule has 4 N–H and O–H groups in total. The zero-order valence-electron chi connectivity index (χ0n) is 18.8. The SMILES string of the molecule is O=C(NCCCNc1nc(Nc2cccc(F)c2)ncc1C1CC1)c1ccco1.O=C(O)C(F)(F)F. The molecule has 2 aromatic heterocycles. The highest BCUT2D eigenvalue weighted by Gasteiger charge is 2.38. The maximum atomic E-state index is 13.4. The van der Waals surface area contributed by atoms with Gasteiger partial charge >= 0.3 is 12.1 Å². The van der Waals surface area contributed by atoms with E-state index in [4.69, 9.17) is 14.3 Å². The first-order chi connectivity index (χ1) is 17.1. The van der Waals surface area contributed by atoms with Gasteiger partial charge in [0.1, 0.15) is 11.6 Å². The van der Waals surface area contributed by atoms with Crippen LogP contribution in [0.15, 0.2) is 53.3 Å². The zero-order valence-corrected chi connectivity index (χ0v) is 18.8. The van der Waals surface area contributed by atoms with Crippen molar-refractivity contribution in [3.8, 4) is 0 Å². The number of alkyl halides is 3. The third-order valence-corrected chi connectivity index (χ3v) is 4.83. The third-order valence-electron chi connectivity index (χ3n) is 4.83. The minimum atomic E-state index is -5.08. The van der Waals surface area contributed by atoms with Crippen molar-refractivity contribution in [2.45, 2.75) is 31.4 Å². The lowest BCUT2D eigenvalue weighted by Crippen LogP contribution is -2.25. The number of aromatic nitrogens is 2. The number of carboxylic acid groups (broad SMARTS) is 1. The second kappa shape index (κ2) is 12.0. The summed E-state index contributed by atoms with van der Waals surface area (Å²) in [6, 6.07) is 9.49. The first-order valence-corrected chi connectivity index (χ1v) is 10.9. The molecule has 3 aromatic rings. The highest BCUT2D eigenvalue weighted by Crippen LogP contribution is 2.42. The van der Waals surface area contributed by atoms with E-state index in [-0.39, 0.29) is 11.7 Å². The molecule has 0 aliphatic heterocycles. The molecule has 1 fully saturated rings. The molecular formula is C23H23F4N5O4. The zero-order chi connectivity index (χ0) is 26.1. The van der Waals surface area contributed by atoms with Gasteiger partial charge in [0.05, 0.1) is 6.26 Å². The predicted octanol–water partition coefficient (Wildman–Crippen LogP) is 4.70. The van der Waals surface area contributed by atoms with Gasteiger partial charge in [0.15, 0.2) is 5.76 Å². The van der Waals surface area contributed by atoms with Crippen molar-refractivity contribution < 1.29 is 36.7 Å². The van der Waals surface area contributed by atoms with Crippen LogP contribution in [0, 0.1) is 5.82 Å². The van der Waals surface area contributed by atoms with Crippen LogP contribution in [-0.4, -0.2) is 46.2 Å². The van der Waals surface area contributed by atoms with Crippen LogP contribution in [0.3, 0.4) is 0 Å². The number of amides is 1. The van der Waals surface area contributed by atoms with E-state index >= 15 is 0 Å². The Hall–Kier alpha value is -4.16. The van der Waals surface area contributed by atoms with E-state index in [2.05, 4.69) is 25.9 Å². The van der Waals surface area contributed by atoms with E-state index in [1.807, 2.05) is 6.20 Å². The number of nitrogens with one attached hydrogen (secondary N) is 3. The van der Waals surface area contributed by atoms with Gasteiger partial charge in [-0.25, -0.2) is 14.2 Å². The summed E-state index contributed by atoms with van der Waals surface area (Å²) in [5.41, 5.74) is 1.69. The van der Waals surface area contributed by atoms with Crippen LogP contribution in [0.25, 0.3) is 0 Å². The van der Waals surface area contributed by atoms with Crippen LogP contribution in [0.5, 0.6) is 0 Å². The molecule has 0 unspecified atom stereocenters. The number of aliphatic carboxylic acids is 1. The number of halogens is 4. The van der Waals surface area contributed by atoms with Crippen LogP contribution in [-0.2, 0) is 4.79 Å². The Morgan fingerprint density at radius 2 is 1.89 bits per heavy atom. The number of anilines is 3. The molecule has 1 saturated carbocycles. The van der Waals surface area contributed by atoms with Crippen LogP contribution < -0.4 is 16.0 Å². The highest BCUT2D eigenvalue weighted by molar-refractivity contribution is 5.91. The van der Waals surface area contributed by atoms with Gasteiger partial charge in [-0.05, 0) is 55.5 Å². The van der Waals surface area contributed by atoms with Crippen LogP contribution in [0.2, 0.25) is 0 Å². The summed E-state index contributed by atoms with van der Waals surface area (Å²) < 4.78 is 50.2. The molecule has 0 spiro atoms. The summed E-state index contributed by atoms with van der Waals surface area (Å²) in [6.45, 7) is 1.17. The number of hydrogen-bond donors (Lipinski definition) is 4. The summed E-state index contributed by atoms with van der Waals surface area (Å²) in [4.78, 5) is 29.7. The Kier molecular flexibility index (Phi) is 8.81. The monoisotopic (exact) mass is 509 g/mol. The lowest BCUT2D eigenvalue weighted by atomic mass is 10.2. The van der Waals surface area contributed by atoms with E-state index in [0.29, 0.717) is 36.4 Å². The Labute approximate surface area is 202 Å². The smallest absolute Gasteiger partial charge is 0.475 e. The van der Waals surface area contributed by atoms with Crippen molar-refractivity contribution in [2.75, 3.05) is 23.7 Å². The van der Waals surface area contributed by atoms with Gasteiger partial charge in [0, 0.05) is 30.5 Å². The van der Waals surface area contributed by atoms with Crippen LogP contribution in [0.4, 0.5) is 35.0 Å². The minimum absolute atomic E-state index is 0.225. The standard InChI is InChI=1S/C21H22FN5O2.C2HF3O2/c22-15-4-1-5-16(12-15)26-21-25-13-17(14-7-8-14)19(27-21)23-9-3-10-24-20(28)18-6-2-11-29-18;3-2(4,5)1(6)7/h1-2,4-6,11-14H,3,7-10H2,(H,24,28)(H2,23,25,26,27);(H,6,7). The van der Waals surface area contributed by atoms with Gasteiger partial charge in [0.25, 0.3) is 5.91 Å². The number of furan rings is 1. The number of carbonyl (C=O) groups excluding carboxylic acids is 1. The molecule has 13 heteroatoms. The Balaban J connectivity index is 0.000000454. The summed E-state index contributed by atoms with van der Waals surface area (Å²) in [7, 11) is 0. The van der Waals surface area contributed by atoms with Gasteiger partial charge in [-0.15, -0.1) is 0 Å². The number of carbonyl (C=O) groups is 2.